The van der Waals surface area contributed by atoms with E-state index in [-0.39, 0.29) is 6.03 Å². The van der Waals surface area contributed by atoms with Crippen molar-refractivity contribution in [3.05, 3.63) is 34.8 Å². The average molecular weight is 383 g/mol. The number of carbonyl (C=O) groups excluding carboxylic acids is 1. The number of benzene rings is 1. The van der Waals surface area contributed by atoms with E-state index >= 15 is 0 Å². The standard InChI is InChI=1S/C21H26N4OS/c1-23-12-13-25(21(23)26)17-6-4-16(5-7-17)20-22-18-8-10-24(14-15-2-3-15)11-9-19(18)27-20/h4-7,15H,2-3,8-14H2,1H3. The highest BCUT2D eigenvalue weighted by molar-refractivity contribution is 7.15. The van der Waals surface area contributed by atoms with E-state index in [2.05, 4.69) is 29.2 Å². The normalized spacial score (nSPS) is 20.9. The maximum Gasteiger partial charge on any atom is 0.324 e. The molecule has 1 aliphatic carbocycles. The zero-order valence-corrected chi connectivity index (χ0v) is 16.7. The summed E-state index contributed by atoms with van der Waals surface area (Å²) in [4.78, 5) is 24.8. The highest BCUT2D eigenvalue weighted by atomic mass is 32.1. The molecule has 0 unspecified atom stereocenters. The number of fused-ring (bicyclic) bond motifs is 1. The van der Waals surface area contributed by atoms with Crippen molar-refractivity contribution in [2.24, 2.45) is 5.92 Å². The minimum Gasteiger partial charge on any atom is -0.326 e. The van der Waals surface area contributed by atoms with Crippen molar-refractivity contribution in [3.8, 4) is 10.6 Å². The molecule has 2 amide bonds. The molecular weight excluding hydrogens is 356 g/mol. The fourth-order valence-electron chi connectivity index (χ4n) is 4.05. The van der Waals surface area contributed by atoms with Crippen molar-refractivity contribution in [2.45, 2.75) is 25.7 Å². The predicted octanol–water partition coefficient (Wildman–Crippen LogP) is 3.49. The smallest absolute Gasteiger partial charge is 0.324 e. The summed E-state index contributed by atoms with van der Waals surface area (Å²) in [6.45, 7) is 5.16. The van der Waals surface area contributed by atoms with Crippen LogP contribution in [0.4, 0.5) is 10.5 Å². The summed E-state index contributed by atoms with van der Waals surface area (Å²) in [5.41, 5.74) is 3.43. The molecule has 0 spiro atoms. The van der Waals surface area contributed by atoms with E-state index in [4.69, 9.17) is 4.98 Å². The Balaban J connectivity index is 1.29. The lowest BCUT2D eigenvalue weighted by atomic mass is 10.2. The largest absolute Gasteiger partial charge is 0.326 e. The predicted molar refractivity (Wildman–Crippen MR) is 109 cm³/mol. The molecule has 0 radical (unpaired) electrons. The van der Waals surface area contributed by atoms with Crippen LogP contribution in [0.3, 0.4) is 0 Å². The Hall–Kier alpha value is -1.92. The molecule has 27 heavy (non-hydrogen) atoms. The molecule has 0 atom stereocenters. The molecular formula is C21H26N4OS. The van der Waals surface area contributed by atoms with Gasteiger partial charge in [0.15, 0.2) is 0 Å². The van der Waals surface area contributed by atoms with Crippen LogP contribution >= 0.6 is 11.3 Å². The highest BCUT2D eigenvalue weighted by Gasteiger charge is 2.27. The van der Waals surface area contributed by atoms with E-state index in [1.807, 2.05) is 23.3 Å². The van der Waals surface area contributed by atoms with Gasteiger partial charge in [-0.1, -0.05) is 0 Å². The number of nitrogens with zero attached hydrogens (tertiary/aromatic N) is 4. The Bertz CT molecular complexity index is 817. The zero-order valence-electron chi connectivity index (χ0n) is 15.9. The number of rotatable bonds is 4. The Kier molecular flexibility index (Phi) is 4.40. The number of carbonyl (C=O) groups is 1. The molecule has 3 aliphatic rings. The Labute approximate surface area is 164 Å². The van der Waals surface area contributed by atoms with Gasteiger partial charge in [0.1, 0.15) is 5.01 Å². The molecule has 6 heteroatoms. The second-order valence-electron chi connectivity index (χ2n) is 8.04. The van der Waals surface area contributed by atoms with E-state index in [0.29, 0.717) is 0 Å². The third-order valence-corrected chi connectivity index (χ3v) is 7.16. The summed E-state index contributed by atoms with van der Waals surface area (Å²) < 4.78 is 0. The van der Waals surface area contributed by atoms with Crippen LogP contribution in [-0.2, 0) is 12.8 Å². The third-order valence-electron chi connectivity index (χ3n) is 5.95. The van der Waals surface area contributed by atoms with Gasteiger partial charge in [-0.3, -0.25) is 4.90 Å². The number of aromatic nitrogens is 1. The highest BCUT2D eigenvalue weighted by Crippen LogP contribution is 2.33. The second kappa shape index (κ2) is 6.91. The molecule has 1 aromatic carbocycles. The van der Waals surface area contributed by atoms with Crippen molar-refractivity contribution in [1.29, 1.82) is 0 Å². The van der Waals surface area contributed by atoms with E-state index in [1.54, 1.807) is 4.90 Å². The number of urea groups is 1. The number of hydrogen-bond donors (Lipinski definition) is 0. The minimum absolute atomic E-state index is 0.0828. The van der Waals surface area contributed by atoms with Crippen LogP contribution in [0.1, 0.15) is 23.4 Å². The number of likely N-dealkylation sites (N-methyl/N-ethyl adjacent to an activating group) is 1. The summed E-state index contributed by atoms with van der Waals surface area (Å²) in [5.74, 6) is 0.963. The van der Waals surface area contributed by atoms with Gasteiger partial charge in [0.2, 0.25) is 0 Å². The first kappa shape index (κ1) is 17.2. The van der Waals surface area contributed by atoms with Gasteiger partial charge in [0, 0.05) is 62.3 Å². The van der Waals surface area contributed by atoms with Crippen LogP contribution in [0.15, 0.2) is 24.3 Å². The molecule has 2 aromatic rings. The van der Waals surface area contributed by atoms with Gasteiger partial charge in [0.25, 0.3) is 0 Å². The van der Waals surface area contributed by atoms with Crippen molar-refractivity contribution in [3.63, 3.8) is 0 Å². The molecule has 1 aromatic heterocycles. The van der Waals surface area contributed by atoms with Crippen LogP contribution in [-0.4, -0.2) is 60.6 Å². The third kappa shape index (κ3) is 3.48. The van der Waals surface area contributed by atoms with Crippen LogP contribution in [0, 0.1) is 5.92 Å². The Morgan fingerprint density at radius 1 is 1.07 bits per heavy atom. The van der Waals surface area contributed by atoms with Crippen LogP contribution in [0.5, 0.6) is 0 Å². The lowest BCUT2D eigenvalue weighted by Crippen LogP contribution is -2.29. The quantitative estimate of drug-likeness (QED) is 0.813. The molecule has 1 saturated carbocycles. The first-order chi connectivity index (χ1) is 13.2. The van der Waals surface area contributed by atoms with Gasteiger partial charge in [-0.05, 0) is 49.4 Å². The average Bonchev–Trinajstić information content (AvgIpc) is 3.36. The van der Waals surface area contributed by atoms with Gasteiger partial charge < -0.3 is 9.80 Å². The fraction of sp³-hybridized carbons (Fsp3) is 0.524. The van der Waals surface area contributed by atoms with Gasteiger partial charge in [-0.15, -0.1) is 11.3 Å². The van der Waals surface area contributed by atoms with E-state index in [9.17, 15) is 4.79 Å². The topological polar surface area (TPSA) is 39.7 Å². The van der Waals surface area contributed by atoms with Crippen LogP contribution in [0.25, 0.3) is 10.6 Å². The summed E-state index contributed by atoms with van der Waals surface area (Å²) in [6.07, 6.45) is 5.06. The van der Waals surface area contributed by atoms with Gasteiger partial charge in [0.05, 0.1) is 5.69 Å². The lowest BCUT2D eigenvalue weighted by molar-refractivity contribution is 0.229. The lowest BCUT2D eigenvalue weighted by Gasteiger charge is -2.19. The fourth-order valence-corrected chi connectivity index (χ4v) is 5.15. The number of amides is 2. The van der Waals surface area contributed by atoms with E-state index in [1.165, 1.54) is 36.5 Å². The van der Waals surface area contributed by atoms with Crippen LogP contribution < -0.4 is 4.90 Å². The molecule has 3 heterocycles. The van der Waals surface area contributed by atoms with Gasteiger partial charge >= 0.3 is 6.03 Å². The second-order valence-corrected chi connectivity index (χ2v) is 9.12. The molecule has 5 rings (SSSR count). The van der Waals surface area contributed by atoms with Crippen molar-refractivity contribution in [2.75, 3.05) is 44.7 Å². The van der Waals surface area contributed by atoms with Crippen molar-refractivity contribution >= 4 is 23.1 Å². The SMILES string of the molecule is CN1CCN(c2ccc(-c3nc4c(s3)CCN(CC3CC3)CC4)cc2)C1=O. The molecule has 2 aliphatic heterocycles. The van der Waals surface area contributed by atoms with E-state index in [0.717, 1.165) is 54.7 Å². The summed E-state index contributed by atoms with van der Waals surface area (Å²) >= 11 is 1.85. The van der Waals surface area contributed by atoms with E-state index < -0.39 is 0 Å². The monoisotopic (exact) mass is 382 g/mol. The van der Waals surface area contributed by atoms with Crippen molar-refractivity contribution < 1.29 is 4.79 Å². The molecule has 0 N–H and O–H groups in total. The molecule has 2 fully saturated rings. The first-order valence-corrected chi connectivity index (χ1v) is 10.8. The molecule has 142 valence electrons. The Morgan fingerprint density at radius 3 is 2.56 bits per heavy atom. The summed E-state index contributed by atoms with van der Waals surface area (Å²) in [6, 6.07) is 8.41. The van der Waals surface area contributed by atoms with Gasteiger partial charge in [-0.25, -0.2) is 9.78 Å². The van der Waals surface area contributed by atoms with Crippen LogP contribution in [0.2, 0.25) is 0 Å². The van der Waals surface area contributed by atoms with Crippen molar-refractivity contribution in [1.82, 2.24) is 14.8 Å². The summed E-state index contributed by atoms with van der Waals surface area (Å²) in [7, 11) is 1.85. The maximum absolute atomic E-state index is 12.2. The number of hydrogen-bond acceptors (Lipinski definition) is 4. The first-order valence-electron chi connectivity index (χ1n) is 10.0. The number of thiazole rings is 1. The molecule has 5 nitrogen and oxygen atoms in total. The van der Waals surface area contributed by atoms with Gasteiger partial charge in [-0.2, -0.15) is 0 Å². The molecule has 0 bridgehead atoms. The molecule has 1 saturated heterocycles. The Morgan fingerprint density at radius 2 is 1.85 bits per heavy atom. The maximum atomic E-state index is 12.2. The summed E-state index contributed by atoms with van der Waals surface area (Å²) in [5, 5.41) is 1.12. The zero-order chi connectivity index (χ0) is 18.4. The number of anilines is 1. The minimum atomic E-state index is 0.0828.